The molecule has 2 aromatic rings. The predicted molar refractivity (Wildman–Crippen MR) is 81.4 cm³/mol. The number of phenolic OH excluding ortho intramolecular Hbond substituents is 1. The van der Waals surface area contributed by atoms with E-state index in [9.17, 15) is 14.3 Å². The van der Waals surface area contributed by atoms with Gasteiger partial charge in [0.2, 0.25) is 0 Å². The second-order valence-electron chi connectivity index (χ2n) is 5.52. The summed E-state index contributed by atoms with van der Waals surface area (Å²) >= 11 is 0. The number of aromatic hydroxyl groups is 1. The van der Waals surface area contributed by atoms with Crippen molar-refractivity contribution in [1.29, 1.82) is 0 Å². The predicted octanol–water partition coefficient (Wildman–Crippen LogP) is 2.24. The lowest BCUT2D eigenvalue weighted by atomic mass is 10.0. The molecule has 0 aliphatic heterocycles. The maximum Gasteiger partial charge on any atom is 0.254 e. The Morgan fingerprint density at radius 2 is 2.14 bits per heavy atom. The largest absolute Gasteiger partial charge is 0.508 e. The molecule has 1 atom stereocenters. The molecule has 0 spiro atoms. The van der Waals surface area contributed by atoms with Gasteiger partial charge in [0.15, 0.2) is 0 Å². The number of halogens is 1. The number of carbonyl (C=O) groups is 1. The molecule has 1 aromatic carbocycles. The Hall–Kier alpha value is -2.37. The van der Waals surface area contributed by atoms with Gasteiger partial charge in [-0.25, -0.2) is 4.39 Å². The summed E-state index contributed by atoms with van der Waals surface area (Å²) in [6.45, 7) is 5.77. The first kappa shape index (κ1) is 16.0. The van der Waals surface area contributed by atoms with Crippen LogP contribution in [0.25, 0.3) is 0 Å². The first-order chi connectivity index (χ1) is 10.3. The minimum atomic E-state index is -0.738. The number of hydrogen-bond donors (Lipinski definition) is 2. The number of nitrogens with one attached hydrogen (secondary N) is 1. The average molecular weight is 305 g/mol. The molecular weight excluding hydrogens is 285 g/mol. The van der Waals surface area contributed by atoms with Crippen LogP contribution >= 0.6 is 0 Å². The van der Waals surface area contributed by atoms with E-state index in [1.807, 2.05) is 27.8 Å². The molecule has 0 radical (unpaired) electrons. The lowest BCUT2D eigenvalue weighted by Gasteiger charge is -2.14. The van der Waals surface area contributed by atoms with E-state index >= 15 is 0 Å². The minimum Gasteiger partial charge on any atom is -0.508 e. The van der Waals surface area contributed by atoms with Gasteiger partial charge >= 0.3 is 0 Å². The maximum absolute atomic E-state index is 13.7. The highest BCUT2D eigenvalue weighted by molar-refractivity contribution is 5.94. The van der Waals surface area contributed by atoms with Crippen LogP contribution < -0.4 is 5.32 Å². The molecule has 2 rings (SSSR count). The van der Waals surface area contributed by atoms with E-state index in [-0.39, 0.29) is 17.4 Å². The summed E-state index contributed by atoms with van der Waals surface area (Å²) in [6, 6.07) is 3.32. The van der Waals surface area contributed by atoms with Gasteiger partial charge in [-0.3, -0.25) is 9.48 Å². The third-order valence-electron chi connectivity index (χ3n) is 3.74. The Morgan fingerprint density at radius 3 is 2.68 bits per heavy atom. The summed E-state index contributed by atoms with van der Waals surface area (Å²) in [7, 11) is 1.88. The van der Waals surface area contributed by atoms with Crippen LogP contribution in [0.1, 0.15) is 34.2 Å². The van der Waals surface area contributed by atoms with E-state index in [4.69, 9.17) is 0 Å². The molecule has 0 saturated heterocycles. The van der Waals surface area contributed by atoms with Crippen LogP contribution in [0.2, 0.25) is 0 Å². The highest BCUT2D eigenvalue weighted by Gasteiger charge is 2.17. The number of benzene rings is 1. The Balaban J connectivity index is 2.08. The Morgan fingerprint density at radius 1 is 1.45 bits per heavy atom. The molecule has 0 fully saturated rings. The van der Waals surface area contributed by atoms with E-state index in [0.717, 1.165) is 23.0 Å². The fourth-order valence-corrected chi connectivity index (χ4v) is 2.46. The Kier molecular flexibility index (Phi) is 4.49. The van der Waals surface area contributed by atoms with Gasteiger partial charge in [-0.1, -0.05) is 0 Å². The molecule has 1 amide bonds. The van der Waals surface area contributed by atoms with Gasteiger partial charge < -0.3 is 10.4 Å². The number of carbonyl (C=O) groups excluding carboxylic acids is 1. The molecule has 2 N–H and O–H groups in total. The highest BCUT2D eigenvalue weighted by atomic mass is 19.1. The van der Waals surface area contributed by atoms with Gasteiger partial charge in [-0.05, 0) is 44.9 Å². The molecule has 0 aliphatic carbocycles. The zero-order chi connectivity index (χ0) is 16.4. The average Bonchev–Trinajstić information content (AvgIpc) is 2.65. The number of hydrogen-bond acceptors (Lipinski definition) is 3. The van der Waals surface area contributed by atoms with E-state index in [0.29, 0.717) is 6.42 Å². The number of rotatable bonds is 4. The molecule has 118 valence electrons. The molecule has 0 saturated carbocycles. The first-order valence-corrected chi connectivity index (χ1v) is 7.08. The second-order valence-corrected chi connectivity index (χ2v) is 5.52. The normalized spacial score (nSPS) is 12.2. The zero-order valence-corrected chi connectivity index (χ0v) is 13.1. The van der Waals surface area contributed by atoms with Crippen molar-refractivity contribution in [1.82, 2.24) is 15.1 Å². The number of aryl methyl sites for hydroxylation is 2. The van der Waals surface area contributed by atoms with Crippen molar-refractivity contribution < 1.29 is 14.3 Å². The van der Waals surface area contributed by atoms with Crippen LogP contribution in [0.15, 0.2) is 18.2 Å². The van der Waals surface area contributed by atoms with Gasteiger partial charge in [-0.15, -0.1) is 0 Å². The number of nitrogens with zero attached hydrogens (tertiary/aromatic N) is 2. The van der Waals surface area contributed by atoms with Gasteiger partial charge in [0.05, 0.1) is 11.3 Å². The fourth-order valence-electron chi connectivity index (χ4n) is 2.46. The van der Waals surface area contributed by atoms with E-state index in [2.05, 4.69) is 10.4 Å². The Labute approximate surface area is 128 Å². The molecule has 0 aliphatic rings. The summed E-state index contributed by atoms with van der Waals surface area (Å²) in [5, 5.41) is 16.3. The molecule has 1 heterocycles. The molecule has 22 heavy (non-hydrogen) atoms. The molecule has 0 unspecified atom stereocenters. The van der Waals surface area contributed by atoms with Crippen LogP contribution in [0.3, 0.4) is 0 Å². The summed E-state index contributed by atoms with van der Waals surface area (Å²) in [5.41, 5.74) is 2.98. The van der Waals surface area contributed by atoms with Crippen LogP contribution in [0, 0.1) is 19.7 Å². The number of aromatic nitrogens is 2. The van der Waals surface area contributed by atoms with E-state index in [1.54, 1.807) is 4.68 Å². The van der Waals surface area contributed by atoms with Crippen LogP contribution in [0.4, 0.5) is 4.39 Å². The van der Waals surface area contributed by atoms with Crippen molar-refractivity contribution in [2.24, 2.45) is 7.05 Å². The van der Waals surface area contributed by atoms with Gasteiger partial charge in [0.1, 0.15) is 11.6 Å². The quantitative estimate of drug-likeness (QED) is 0.910. The molecule has 6 heteroatoms. The van der Waals surface area contributed by atoms with Crippen molar-refractivity contribution in [3.63, 3.8) is 0 Å². The summed E-state index contributed by atoms with van der Waals surface area (Å²) in [6.07, 6.45) is 0.622. The molecule has 1 aromatic heterocycles. The minimum absolute atomic E-state index is 0.0794. The standard InChI is InChI=1S/C16H20FN3O2/c1-9(7-14-10(2)19-20(4)11(14)3)18-16(22)13-6-5-12(21)8-15(13)17/h5-6,8-9,21H,7H2,1-4H3,(H,18,22)/t9-/m1/s1. The Bertz CT molecular complexity index is 710. The van der Waals surface area contributed by atoms with Crippen molar-refractivity contribution >= 4 is 5.91 Å². The lowest BCUT2D eigenvalue weighted by molar-refractivity contribution is 0.0936. The topological polar surface area (TPSA) is 67.2 Å². The third-order valence-corrected chi connectivity index (χ3v) is 3.74. The van der Waals surface area contributed by atoms with Crippen LogP contribution in [-0.2, 0) is 13.5 Å². The fraction of sp³-hybridized carbons (Fsp3) is 0.375. The van der Waals surface area contributed by atoms with Gasteiger partial charge in [0, 0.05) is 24.8 Å². The SMILES string of the molecule is Cc1nn(C)c(C)c1C[C@@H](C)NC(=O)c1ccc(O)cc1F. The van der Waals surface area contributed by atoms with Crippen molar-refractivity contribution in [2.75, 3.05) is 0 Å². The molecule has 0 bridgehead atoms. The van der Waals surface area contributed by atoms with Crippen molar-refractivity contribution in [2.45, 2.75) is 33.2 Å². The van der Waals surface area contributed by atoms with Crippen molar-refractivity contribution in [3.05, 3.63) is 46.5 Å². The van der Waals surface area contributed by atoms with Crippen molar-refractivity contribution in [3.8, 4) is 5.75 Å². The molecule has 5 nitrogen and oxygen atoms in total. The first-order valence-electron chi connectivity index (χ1n) is 7.08. The number of amides is 1. The van der Waals surface area contributed by atoms with Gasteiger partial charge in [0.25, 0.3) is 5.91 Å². The summed E-state index contributed by atoms with van der Waals surface area (Å²) < 4.78 is 15.5. The number of phenols is 1. The molecular formula is C16H20FN3O2. The third kappa shape index (κ3) is 3.27. The van der Waals surface area contributed by atoms with E-state index < -0.39 is 11.7 Å². The van der Waals surface area contributed by atoms with Crippen LogP contribution in [-0.4, -0.2) is 26.8 Å². The lowest BCUT2D eigenvalue weighted by Crippen LogP contribution is -2.34. The monoisotopic (exact) mass is 305 g/mol. The zero-order valence-electron chi connectivity index (χ0n) is 13.1. The van der Waals surface area contributed by atoms with Crippen LogP contribution in [0.5, 0.6) is 5.75 Å². The highest BCUT2D eigenvalue weighted by Crippen LogP contribution is 2.17. The van der Waals surface area contributed by atoms with E-state index in [1.165, 1.54) is 12.1 Å². The van der Waals surface area contributed by atoms with Gasteiger partial charge in [-0.2, -0.15) is 5.10 Å². The second kappa shape index (κ2) is 6.17. The maximum atomic E-state index is 13.7. The summed E-state index contributed by atoms with van der Waals surface area (Å²) in [4.78, 5) is 12.1. The smallest absolute Gasteiger partial charge is 0.254 e. The summed E-state index contributed by atoms with van der Waals surface area (Å²) in [5.74, 6) is -1.44.